The Kier molecular flexibility index (Phi) is 5.89. The maximum Gasteiger partial charge on any atom is 0.251 e. The van der Waals surface area contributed by atoms with E-state index in [-0.39, 0.29) is 24.4 Å². The molecular weight excluding hydrogens is 352 g/mol. The molecule has 6 heteroatoms. The van der Waals surface area contributed by atoms with Crippen LogP contribution in [0.15, 0.2) is 61.2 Å². The number of aromatic nitrogens is 2. The fourth-order valence-electron chi connectivity index (χ4n) is 2.87. The predicted octanol–water partition coefficient (Wildman–Crippen LogP) is 3.10. The first-order valence-corrected chi connectivity index (χ1v) is 9.17. The highest BCUT2D eigenvalue weighted by Crippen LogP contribution is 2.15. The first kappa shape index (κ1) is 19.4. The van der Waals surface area contributed by atoms with Crippen LogP contribution in [0.25, 0.3) is 5.69 Å². The van der Waals surface area contributed by atoms with E-state index in [2.05, 4.69) is 15.6 Å². The topological polar surface area (TPSA) is 76.0 Å². The molecule has 28 heavy (non-hydrogen) atoms. The zero-order valence-corrected chi connectivity index (χ0v) is 16.3. The molecule has 0 fully saturated rings. The van der Waals surface area contributed by atoms with Gasteiger partial charge in [-0.1, -0.05) is 18.2 Å². The van der Waals surface area contributed by atoms with Crippen LogP contribution < -0.4 is 10.6 Å². The van der Waals surface area contributed by atoms with Gasteiger partial charge in [-0.15, -0.1) is 0 Å². The molecule has 0 aliphatic rings. The van der Waals surface area contributed by atoms with E-state index < -0.39 is 0 Å². The summed E-state index contributed by atoms with van der Waals surface area (Å²) >= 11 is 0. The molecule has 3 aromatic rings. The number of rotatable bonds is 6. The van der Waals surface area contributed by atoms with Crippen molar-refractivity contribution >= 4 is 11.8 Å². The molecule has 0 bridgehead atoms. The largest absolute Gasteiger partial charge is 0.348 e. The van der Waals surface area contributed by atoms with Crippen LogP contribution in [-0.4, -0.2) is 27.9 Å². The van der Waals surface area contributed by atoms with Crippen molar-refractivity contribution in [3.8, 4) is 5.69 Å². The van der Waals surface area contributed by atoms with Gasteiger partial charge in [-0.2, -0.15) is 0 Å². The molecule has 1 heterocycles. The third kappa shape index (κ3) is 4.65. The highest BCUT2D eigenvalue weighted by Gasteiger charge is 2.12. The monoisotopic (exact) mass is 376 g/mol. The molecule has 6 nitrogen and oxygen atoms in total. The Balaban J connectivity index is 1.52. The fourth-order valence-corrected chi connectivity index (χ4v) is 2.87. The first-order valence-electron chi connectivity index (χ1n) is 9.17. The second-order valence-electron chi connectivity index (χ2n) is 6.83. The van der Waals surface area contributed by atoms with Crippen molar-refractivity contribution < 1.29 is 9.59 Å². The van der Waals surface area contributed by atoms with Crippen molar-refractivity contribution in [2.45, 2.75) is 26.8 Å². The Labute approximate surface area is 164 Å². The van der Waals surface area contributed by atoms with Crippen molar-refractivity contribution in [1.29, 1.82) is 0 Å². The minimum atomic E-state index is -0.254. The van der Waals surface area contributed by atoms with Gasteiger partial charge in [0.1, 0.15) is 0 Å². The summed E-state index contributed by atoms with van der Waals surface area (Å²) in [5, 5.41) is 5.57. The average Bonchev–Trinajstić information content (AvgIpc) is 3.23. The number of nitrogens with zero attached hydrogens (tertiary/aromatic N) is 2. The molecule has 1 unspecified atom stereocenters. The lowest BCUT2D eigenvalue weighted by Gasteiger charge is -2.15. The first-order chi connectivity index (χ1) is 13.4. The number of imidazole rings is 1. The van der Waals surface area contributed by atoms with E-state index >= 15 is 0 Å². The summed E-state index contributed by atoms with van der Waals surface area (Å²) in [6.45, 7) is 5.80. The fraction of sp³-hybridized carbons (Fsp3) is 0.227. The van der Waals surface area contributed by atoms with Crippen LogP contribution in [0.5, 0.6) is 0 Å². The van der Waals surface area contributed by atoms with Crippen molar-refractivity contribution in [2.75, 3.05) is 6.54 Å². The number of hydrogen-bond donors (Lipinski definition) is 2. The third-order valence-electron chi connectivity index (χ3n) is 4.75. The summed E-state index contributed by atoms with van der Waals surface area (Å²) < 4.78 is 1.91. The minimum Gasteiger partial charge on any atom is -0.348 e. The number of nitrogens with one attached hydrogen (secondary N) is 2. The summed E-state index contributed by atoms with van der Waals surface area (Å²) in [6, 6.07) is 13.2. The van der Waals surface area contributed by atoms with Crippen molar-refractivity contribution in [3.05, 3.63) is 83.4 Å². The van der Waals surface area contributed by atoms with E-state index in [1.54, 1.807) is 18.6 Å². The molecule has 2 aromatic carbocycles. The Hall–Kier alpha value is -3.41. The van der Waals surface area contributed by atoms with Crippen molar-refractivity contribution in [3.63, 3.8) is 0 Å². The van der Waals surface area contributed by atoms with Gasteiger partial charge in [0.15, 0.2) is 0 Å². The quantitative estimate of drug-likeness (QED) is 0.694. The summed E-state index contributed by atoms with van der Waals surface area (Å²) in [5.41, 5.74) is 4.71. The second-order valence-corrected chi connectivity index (χ2v) is 6.83. The van der Waals surface area contributed by atoms with Crippen LogP contribution >= 0.6 is 0 Å². The van der Waals surface area contributed by atoms with Gasteiger partial charge in [-0.05, 0) is 61.7 Å². The number of amides is 2. The lowest BCUT2D eigenvalue weighted by molar-refractivity contribution is -0.120. The van der Waals surface area contributed by atoms with E-state index in [4.69, 9.17) is 0 Å². The SMILES string of the molecule is Cc1ccc(C(=O)NCC(=O)NC(C)c2ccc(-n3ccnc3)cc2)cc1C. The molecule has 0 radical (unpaired) electrons. The van der Waals surface area contributed by atoms with E-state index in [9.17, 15) is 9.59 Å². The maximum atomic E-state index is 12.2. The van der Waals surface area contributed by atoms with Gasteiger partial charge in [0.25, 0.3) is 5.91 Å². The van der Waals surface area contributed by atoms with E-state index in [1.807, 2.05) is 67.9 Å². The van der Waals surface area contributed by atoms with Crippen LogP contribution in [0.3, 0.4) is 0 Å². The highest BCUT2D eigenvalue weighted by atomic mass is 16.2. The number of hydrogen-bond acceptors (Lipinski definition) is 3. The Morgan fingerprint density at radius 2 is 1.82 bits per heavy atom. The van der Waals surface area contributed by atoms with Gasteiger partial charge < -0.3 is 15.2 Å². The molecular formula is C22H24N4O2. The lowest BCUT2D eigenvalue weighted by atomic mass is 10.1. The molecule has 0 spiro atoms. The standard InChI is InChI=1S/C22H24N4O2/c1-15-4-5-19(12-16(15)2)22(28)24-13-21(27)25-17(3)18-6-8-20(9-7-18)26-11-10-23-14-26/h4-12,14,17H,13H2,1-3H3,(H,24,28)(H,25,27). The second kappa shape index (κ2) is 8.52. The van der Waals surface area contributed by atoms with Crippen molar-refractivity contribution in [1.82, 2.24) is 20.2 Å². The number of carbonyl (C=O) groups excluding carboxylic acids is 2. The molecule has 144 valence electrons. The highest BCUT2D eigenvalue weighted by molar-refractivity contribution is 5.96. The third-order valence-corrected chi connectivity index (χ3v) is 4.75. The van der Waals surface area contributed by atoms with Gasteiger partial charge in [0, 0.05) is 23.6 Å². The van der Waals surface area contributed by atoms with Crippen LogP contribution in [0.2, 0.25) is 0 Å². The molecule has 0 saturated carbocycles. The van der Waals surface area contributed by atoms with Gasteiger partial charge >= 0.3 is 0 Å². The van der Waals surface area contributed by atoms with Gasteiger partial charge in [-0.25, -0.2) is 4.98 Å². The molecule has 3 rings (SSSR count). The summed E-state index contributed by atoms with van der Waals surface area (Å²) in [5.74, 6) is -0.487. The predicted molar refractivity (Wildman–Crippen MR) is 108 cm³/mol. The number of aryl methyl sites for hydroxylation is 2. The van der Waals surface area contributed by atoms with Crippen LogP contribution in [-0.2, 0) is 4.79 Å². The smallest absolute Gasteiger partial charge is 0.251 e. The lowest BCUT2D eigenvalue weighted by Crippen LogP contribution is -2.38. The van der Waals surface area contributed by atoms with Gasteiger partial charge in [0.05, 0.1) is 18.9 Å². The van der Waals surface area contributed by atoms with Crippen molar-refractivity contribution in [2.24, 2.45) is 0 Å². The normalized spacial score (nSPS) is 11.7. The molecule has 1 aromatic heterocycles. The minimum absolute atomic E-state index is 0.0663. The Morgan fingerprint density at radius 3 is 2.46 bits per heavy atom. The maximum absolute atomic E-state index is 12.2. The Morgan fingerprint density at radius 1 is 1.07 bits per heavy atom. The van der Waals surface area contributed by atoms with Crippen LogP contribution in [0.4, 0.5) is 0 Å². The zero-order chi connectivity index (χ0) is 20.1. The Bertz CT molecular complexity index is 963. The summed E-state index contributed by atoms with van der Waals surface area (Å²) in [4.78, 5) is 28.5. The van der Waals surface area contributed by atoms with E-state index in [0.717, 1.165) is 22.4 Å². The molecule has 2 amide bonds. The number of benzene rings is 2. The molecule has 0 saturated heterocycles. The van der Waals surface area contributed by atoms with E-state index in [1.165, 1.54) is 0 Å². The zero-order valence-electron chi connectivity index (χ0n) is 16.3. The van der Waals surface area contributed by atoms with Gasteiger partial charge in [-0.3, -0.25) is 9.59 Å². The average molecular weight is 376 g/mol. The van der Waals surface area contributed by atoms with Crippen LogP contribution in [0.1, 0.15) is 40.0 Å². The molecule has 1 atom stereocenters. The summed E-state index contributed by atoms with van der Waals surface area (Å²) in [6.07, 6.45) is 5.33. The molecule has 0 aliphatic heterocycles. The number of carbonyl (C=O) groups is 2. The molecule has 0 aliphatic carbocycles. The molecule has 2 N–H and O–H groups in total. The summed E-state index contributed by atoms with van der Waals surface area (Å²) in [7, 11) is 0. The van der Waals surface area contributed by atoms with E-state index in [0.29, 0.717) is 5.56 Å². The van der Waals surface area contributed by atoms with Gasteiger partial charge in [0.2, 0.25) is 5.91 Å². The van der Waals surface area contributed by atoms with Crippen LogP contribution in [0, 0.1) is 13.8 Å².